The van der Waals surface area contributed by atoms with Crippen molar-refractivity contribution < 1.29 is 19.1 Å². The van der Waals surface area contributed by atoms with E-state index in [1.807, 2.05) is 13.8 Å². The van der Waals surface area contributed by atoms with E-state index in [1.54, 1.807) is 0 Å². The van der Waals surface area contributed by atoms with Gasteiger partial charge in [-0.25, -0.2) is 9.37 Å². The average molecular weight is 388 g/mol. The second kappa shape index (κ2) is 9.27. The first-order chi connectivity index (χ1) is 13.3. The van der Waals surface area contributed by atoms with E-state index in [2.05, 4.69) is 10.3 Å². The number of halogens is 1. The van der Waals surface area contributed by atoms with Gasteiger partial charge in [0.1, 0.15) is 22.9 Å². The van der Waals surface area contributed by atoms with Gasteiger partial charge in [0.15, 0.2) is 0 Å². The fourth-order valence-corrected chi connectivity index (χ4v) is 3.03. The highest BCUT2D eigenvalue weighted by atomic mass is 19.1. The summed E-state index contributed by atoms with van der Waals surface area (Å²) >= 11 is 0. The monoisotopic (exact) mass is 388 g/mol. The second-order valence-corrected chi connectivity index (χ2v) is 6.57. The molecule has 0 radical (unpaired) electrons. The van der Waals surface area contributed by atoms with Crippen LogP contribution in [0.2, 0.25) is 0 Å². The van der Waals surface area contributed by atoms with Gasteiger partial charge in [0.25, 0.3) is 0 Å². The summed E-state index contributed by atoms with van der Waals surface area (Å²) in [5, 5.41) is 13.3. The zero-order chi connectivity index (χ0) is 20.8. The molecule has 0 bridgehead atoms. The van der Waals surface area contributed by atoms with Crippen molar-refractivity contribution in [3.63, 3.8) is 0 Å². The van der Waals surface area contributed by atoms with Gasteiger partial charge >= 0.3 is 0 Å². The number of nitrogens with zero attached hydrogens (tertiary/aromatic N) is 1. The average Bonchev–Trinajstić information content (AvgIpc) is 2.66. The lowest BCUT2D eigenvalue weighted by atomic mass is 9.95. The smallest absolute Gasteiger partial charge is 0.218 e. The van der Waals surface area contributed by atoms with E-state index in [9.17, 15) is 14.7 Å². The van der Waals surface area contributed by atoms with Crippen molar-refractivity contribution >= 4 is 17.5 Å². The number of hydrogen-bond acceptors (Lipinski definition) is 6. The van der Waals surface area contributed by atoms with Crippen molar-refractivity contribution in [3.8, 4) is 5.75 Å². The van der Waals surface area contributed by atoms with Crippen LogP contribution >= 0.6 is 0 Å². The van der Waals surface area contributed by atoms with Gasteiger partial charge in [-0.3, -0.25) is 9.59 Å². The number of amides is 1. The number of anilines is 1. The highest BCUT2D eigenvalue weighted by Gasteiger charge is 2.26. The molecule has 0 saturated carbocycles. The highest BCUT2D eigenvalue weighted by molar-refractivity contribution is 6.10. The molecular formula is C20H25FN4O3. The Bertz CT molecular complexity index is 855. The van der Waals surface area contributed by atoms with Crippen LogP contribution in [-0.2, 0) is 4.79 Å². The lowest BCUT2D eigenvalue weighted by Gasteiger charge is -2.25. The fourth-order valence-electron chi connectivity index (χ4n) is 3.03. The van der Waals surface area contributed by atoms with Gasteiger partial charge in [-0.05, 0) is 31.0 Å². The lowest BCUT2D eigenvalue weighted by Crippen LogP contribution is -2.36. The fraction of sp³-hybridized carbons (Fsp3) is 0.350. The summed E-state index contributed by atoms with van der Waals surface area (Å²) < 4.78 is 15.2. The summed E-state index contributed by atoms with van der Waals surface area (Å²) in [7, 11) is 0. The molecule has 8 heteroatoms. The SMILES string of the molecule is CC[C@@H](CC(N)=O)N[C@H](CC)c1ccc(O)c(C(=O)c2ccc(N)nc2)c1F. The summed E-state index contributed by atoms with van der Waals surface area (Å²) in [5.41, 5.74) is 10.7. The van der Waals surface area contributed by atoms with Gasteiger partial charge in [0.2, 0.25) is 11.7 Å². The van der Waals surface area contributed by atoms with Gasteiger partial charge in [0, 0.05) is 35.8 Å². The van der Waals surface area contributed by atoms with Crippen LogP contribution in [0.1, 0.15) is 60.6 Å². The van der Waals surface area contributed by atoms with Crippen molar-refractivity contribution in [2.45, 2.75) is 45.2 Å². The minimum Gasteiger partial charge on any atom is -0.507 e. The molecule has 0 saturated heterocycles. The molecule has 0 unspecified atom stereocenters. The topological polar surface area (TPSA) is 131 Å². The number of ketones is 1. The Balaban J connectivity index is 2.40. The van der Waals surface area contributed by atoms with Gasteiger partial charge in [-0.15, -0.1) is 0 Å². The van der Waals surface area contributed by atoms with Crippen LogP contribution in [0.25, 0.3) is 0 Å². The molecule has 0 fully saturated rings. The number of nitrogens with one attached hydrogen (secondary N) is 1. The molecule has 1 aromatic heterocycles. The third-order valence-electron chi connectivity index (χ3n) is 4.59. The number of phenols is 1. The molecule has 2 rings (SSSR count). The quantitative estimate of drug-likeness (QED) is 0.488. The van der Waals surface area contributed by atoms with Crippen molar-refractivity contribution in [1.29, 1.82) is 0 Å². The van der Waals surface area contributed by atoms with Crippen LogP contribution in [0.3, 0.4) is 0 Å². The van der Waals surface area contributed by atoms with E-state index in [0.29, 0.717) is 12.8 Å². The third-order valence-corrected chi connectivity index (χ3v) is 4.59. The van der Waals surface area contributed by atoms with Crippen LogP contribution < -0.4 is 16.8 Å². The molecule has 6 N–H and O–H groups in total. The minimum absolute atomic E-state index is 0.113. The number of benzene rings is 1. The summed E-state index contributed by atoms with van der Waals surface area (Å²) in [4.78, 5) is 27.8. The number of aromatic nitrogens is 1. The number of rotatable bonds is 9. The van der Waals surface area contributed by atoms with E-state index in [1.165, 1.54) is 30.5 Å². The molecule has 1 amide bonds. The van der Waals surface area contributed by atoms with E-state index >= 15 is 4.39 Å². The third kappa shape index (κ3) is 4.83. The number of nitrogens with two attached hydrogens (primary N) is 2. The number of hydrogen-bond donors (Lipinski definition) is 4. The molecule has 1 aromatic carbocycles. The molecule has 1 heterocycles. The standard InChI is InChI=1S/C20H25FN4O3/c1-3-12(9-17(23)27)25-14(4-2)13-6-7-15(26)18(19(13)21)20(28)11-5-8-16(22)24-10-11/h5-8,10,12,14,25-26H,3-4,9H2,1-2H3,(H2,22,24)(H2,23,27)/t12-,14+/m0/s1. The van der Waals surface area contributed by atoms with E-state index in [-0.39, 0.29) is 29.4 Å². The van der Waals surface area contributed by atoms with Crippen molar-refractivity contribution in [3.05, 3.63) is 53.0 Å². The molecule has 2 aromatic rings. The maximum absolute atomic E-state index is 15.2. The normalized spacial score (nSPS) is 13.1. The van der Waals surface area contributed by atoms with Crippen LogP contribution in [0.5, 0.6) is 5.75 Å². The van der Waals surface area contributed by atoms with E-state index in [0.717, 1.165) is 0 Å². The second-order valence-electron chi connectivity index (χ2n) is 6.57. The van der Waals surface area contributed by atoms with Gasteiger partial charge in [0.05, 0.1) is 0 Å². The first-order valence-electron chi connectivity index (χ1n) is 9.10. The number of pyridine rings is 1. The zero-order valence-corrected chi connectivity index (χ0v) is 15.9. The molecule has 2 atom stereocenters. The van der Waals surface area contributed by atoms with Crippen LogP contribution in [0.15, 0.2) is 30.5 Å². The molecule has 7 nitrogen and oxygen atoms in total. The zero-order valence-electron chi connectivity index (χ0n) is 15.9. The molecule has 0 aliphatic carbocycles. The van der Waals surface area contributed by atoms with Crippen molar-refractivity contribution in [2.75, 3.05) is 5.73 Å². The molecule has 0 aliphatic rings. The Labute approximate surface area is 163 Å². The maximum atomic E-state index is 15.2. The summed E-state index contributed by atoms with van der Waals surface area (Å²) in [5.74, 6) is -2.18. The predicted molar refractivity (Wildman–Crippen MR) is 104 cm³/mol. The molecule has 0 spiro atoms. The summed E-state index contributed by atoms with van der Waals surface area (Å²) in [6.07, 6.45) is 2.49. The van der Waals surface area contributed by atoms with Crippen LogP contribution in [0, 0.1) is 5.82 Å². The van der Waals surface area contributed by atoms with E-state index < -0.39 is 34.9 Å². The molecule has 150 valence electrons. The minimum atomic E-state index is -0.810. The Morgan fingerprint density at radius 3 is 2.46 bits per heavy atom. The highest BCUT2D eigenvalue weighted by Crippen LogP contribution is 2.31. The number of primary amides is 1. The summed E-state index contributed by atoms with van der Waals surface area (Å²) in [6, 6.07) is 4.89. The Kier molecular flexibility index (Phi) is 7.06. The summed E-state index contributed by atoms with van der Waals surface area (Å²) in [6.45, 7) is 3.75. The maximum Gasteiger partial charge on any atom is 0.218 e. The Morgan fingerprint density at radius 2 is 1.93 bits per heavy atom. The van der Waals surface area contributed by atoms with Crippen molar-refractivity contribution in [2.24, 2.45) is 5.73 Å². The predicted octanol–water partition coefficient (Wildman–Crippen LogP) is 2.43. The number of phenolic OH excluding ortho intramolecular Hbond substituents is 1. The largest absolute Gasteiger partial charge is 0.507 e. The molecule has 28 heavy (non-hydrogen) atoms. The van der Waals surface area contributed by atoms with Gasteiger partial charge in [-0.2, -0.15) is 0 Å². The Morgan fingerprint density at radius 1 is 1.21 bits per heavy atom. The molecule has 0 aliphatic heterocycles. The Hall–Kier alpha value is -3.00. The van der Waals surface area contributed by atoms with Gasteiger partial charge < -0.3 is 21.9 Å². The number of carbonyl (C=O) groups is 2. The van der Waals surface area contributed by atoms with Gasteiger partial charge in [-0.1, -0.05) is 19.9 Å². The van der Waals surface area contributed by atoms with Crippen LogP contribution in [0.4, 0.5) is 10.2 Å². The van der Waals surface area contributed by atoms with Crippen molar-refractivity contribution in [1.82, 2.24) is 10.3 Å². The number of nitrogen functional groups attached to an aromatic ring is 1. The van der Waals surface area contributed by atoms with Crippen LogP contribution in [-0.4, -0.2) is 27.8 Å². The van der Waals surface area contributed by atoms with E-state index in [4.69, 9.17) is 11.5 Å². The first-order valence-corrected chi connectivity index (χ1v) is 9.10. The number of aromatic hydroxyl groups is 1. The number of carbonyl (C=O) groups excluding carboxylic acids is 2. The molecular weight excluding hydrogens is 363 g/mol. The lowest BCUT2D eigenvalue weighted by molar-refractivity contribution is -0.118. The first kappa shape index (κ1) is 21.3.